The van der Waals surface area contributed by atoms with Gasteiger partial charge in [-0.3, -0.25) is 4.40 Å². The minimum absolute atomic E-state index is 0.706. The summed E-state index contributed by atoms with van der Waals surface area (Å²) in [5.74, 6) is 0.925. The number of fused-ring (bicyclic) bond motifs is 1. The van der Waals surface area contributed by atoms with E-state index in [1.54, 1.807) is 11.3 Å². The van der Waals surface area contributed by atoms with Crippen molar-refractivity contribution in [2.24, 2.45) is 0 Å². The Bertz CT molecular complexity index is 655. The van der Waals surface area contributed by atoms with Crippen LogP contribution < -0.4 is 5.73 Å². The summed E-state index contributed by atoms with van der Waals surface area (Å²) in [7, 11) is 0. The lowest BCUT2D eigenvalue weighted by Crippen LogP contribution is -1.98. The highest BCUT2D eigenvalue weighted by atomic mass is 32.1. The van der Waals surface area contributed by atoms with E-state index in [0.29, 0.717) is 5.69 Å². The van der Waals surface area contributed by atoms with E-state index in [1.807, 2.05) is 29.7 Å². The lowest BCUT2D eigenvalue weighted by Gasteiger charge is -2.02. The van der Waals surface area contributed by atoms with Gasteiger partial charge >= 0.3 is 0 Å². The molecule has 3 aromatic heterocycles. The van der Waals surface area contributed by atoms with E-state index >= 15 is 0 Å². The molecule has 0 bridgehead atoms. The molecule has 0 atom stereocenters. The third-order valence-corrected chi connectivity index (χ3v) is 3.69. The molecule has 0 radical (unpaired) electrons. The van der Waals surface area contributed by atoms with E-state index in [2.05, 4.69) is 21.6 Å². The Morgan fingerprint density at radius 3 is 3.00 bits per heavy atom. The van der Waals surface area contributed by atoms with E-state index in [0.717, 1.165) is 23.5 Å². The van der Waals surface area contributed by atoms with Crippen LogP contribution in [0.1, 0.15) is 16.3 Å². The summed E-state index contributed by atoms with van der Waals surface area (Å²) in [6.07, 6.45) is 2.77. The van der Waals surface area contributed by atoms with Gasteiger partial charge in [-0.25, -0.2) is 0 Å². The second-order valence-electron chi connectivity index (χ2n) is 3.98. The van der Waals surface area contributed by atoms with Crippen LogP contribution in [0.25, 0.3) is 5.65 Å². The van der Waals surface area contributed by atoms with Crippen LogP contribution in [-0.4, -0.2) is 14.6 Å². The zero-order chi connectivity index (χ0) is 11.8. The Morgan fingerprint density at radius 2 is 2.24 bits per heavy atom. The highest BCUT2D eigenvalue weighted by Gasteiger charge is 2.10. The highest BCUT2D eigenvalue weighted by molar-refractivity contribution is 7.09. The number of thiophene rings is 1. The Balaban J connectivity index is 2.10. The molecule has 17 heavy (non-hydrogen) atoms. The van der Waals surface area contributed by atoms with Crippen LogP contribution >= 0.6 is 11.3 Å². The highest BCUT2D eigenvalue weighted by Crippen LogP contribution is 2.19. The molecule has 3 rings (SSSR count). The number of nitrogens with two attached hydrogens (primary N) is 1. The molecule has 0 aliphatic heterocycles. The minimum Gasteiger partial charge on any atom is -0.395 e. The van der Waals surface area contributed by atoms with Crippen molar-refractivity contribution in [3.63, 3.8) is 0 Å². The van der Waals surface area contributed by atoms with Crippen LogP contribution in [-0.2, 0) is 6.42 Å². The number of anilines is 1. The summed E-state index contributed by atoms with van der Waals surface area (Å²) in [6.45, 7) is 1.98. The first-order valence-electron chi connectivity index (χ1n) is 5.37. The molecule has 3 heterocycles. The smallest absolute Gasteiger partial charge is 0.184 e. The lowest BCUT2D eigenvalue weighted by atomic mass is 10.2. The maximum absolute atomic E-state index is 5.98. The Hall–Kier alpha value is -1.88. The maximum atomic E-state index is 5.98. The number of hydrogen-bond acceptors (Lipinski definition) is 4. The van der Waals surface area contributed by atoms with Gasteiger partial charge in [-0.05, 0) is 30.0 Å². The number of nitrogens with zero attached hydrogens (tertiary/aromatic N) is 3. The average Bonchev–Trinajstić information content (AvgIpc) is 2.95. The van der Waals surface area contributed by atoms with E-state index in [-0.39, 0.29) is 0 Å². The number of pyridine rings is 1. The van der Waals surface area contributed by atoms with Gasteiger partial charge in [0, 0.05) is 17.5 Å². The van der Waals surface area contributed by atoms with Crippen LogP contribution in [0.4, 0.5) is 5.69 Å². The molecule has 0 aromatic carbocycles. The van der Waals surface area contributed by atoms with Gasteiger partial charge in [-0.15, -0.1) is 21.5 Å². The van der Waals surface area contributed by atoms with Gasteiger partial charge in [0.15, 0.2) is 5.65 Å². The zero-order valence-electron chi connectivity index (χ0n) is 9.42. The molecule has 0 fully saturated rings. The van der Waals surface area contributed by atoms with Gasteiger partial charge < -0.3 is 5.73 Å². The maximum Gasteiger partial charge on any atom is 0.184 e. The third-order valence-electron chi connectivity index (χ3n) is 2.82. The van der Waals surface area contributed by atoms with E-state index < -0.39 is 0 Å². The fraction of sp³-hybridized carbons (Fsp3) is 0.167. The number of aromatic nitrogens is 3. The summed E-state index contributed by atoms with van der Waals surface area (Å²) in [4.78, 5) is 1.28. The van der Waals surface area contributed by atoms with Gasteiger partial charge in [0.1, 0.15) is 5.82 Å². The molecule has 0 aliphatic carbocycles. The third kappa shape index (κ3) is 1.68. The van der Waals surface area contributed by atoms with Crippen molar-refractivity contribution in [3.8, 4) is 0 Å². The van der Waals surface area contributed by atoms with Gasteiger partial charge in [0.25, 0.3) is 0 Å². The Kier molecular flexibility index (Phi) is 2.33. The molecule has 0 unspecified atom stereocenters. The van der Waals surface area contributed by atoms with E-state index in [1.165, 1.54) is 4.88 Å². The summed E-state index contributed by atoms with van der Waals surface area (Å²) < 4.78 is 1.96. The van der Waals surface area contributed by atoms with Crippen molar-refractivity contribution in [1.29, 1.82) is 0 Å². The van der Waals surface area contributed by atoms with Crippen LogP contribution in [0.2, 0.25) is 0 Å². The van der Waals surface area contributed by atoms with Crippen molar-refractivity contribution < 1.29 is 0 Å². The normalized spacial score (nSPS) is 11.1. The van der Waals surface area contributed by atoms with Crippen molar-refractivity contribution >= 4 is 22.7 Å². The van der Waals surface area contributed by atoms with Gasteiger partial charge in [0.2, 0.25) is 0 Å². The van der Waals surface area contributed by atoms with Gasteiger partial charge in [0.05, 0.1) is 5.69 Å². The number of hydrogen-bond donors (Lipinski definition) is 1. The van der Waals surface area contributed by atoms with E-state index in [4.69, 9.17) is 5.73 Å². The Morgan fingerprint density at radius 1 is 1.35 bits per heavy atom. The molecule has 0 spiro atoms. The number of rotatable bonds is 2. The molecule has 2 N–H and O–H groups in total. The SMILES string of the molecule is Cc1ccn2c(Cc3cccs3)nnc2c1N. The zero-order valence-corrected chi connectivity index (χ0v) is 10.2. The van der Waals surface area contributed by atoms with Crippen molar-refractivity contribution in [2.45, 2.75) is 13.3 Å². The average molecular weight is 244 g/mol. The molecule has 86 valence electrons. The van der Waals surface area contributed by atoms with E-state index in [9.17, 15) is 0 Å². The largest absolute Gasteiger partial charge is 0.395 e. The molecule has 0 amide bonds. The van der Waals surface area contributed by atoms with Crippen LogP contribution in [0, 0.1) is 6.92 Å². The summed E-state index contributed by atoms with van der Waals surface area (Å²) in [5.41, 5.74) is 8.47. The molecule has 0 aliphatic rings. The molecule has 0 saturated carbocycles. The van der Waals surface area contributed by atoms with Crippen LogP contribution in [0.5, 0.6) is 0 Å². The fourth-order valence-corrected chi connectivity index (χ4v) is 2.51. The molecular weight excluding hydrogens is 232 g/mol. The molecular formula is C12H12N4S. The second-order valence-corrected chi connectivity index (χ2v) is 5.01. The topological polar surface area (TPSA) is 56.2 Å². The van der Waals surface area contributed by atoms with Crippen LogP contribution in [0.15, 0.2) is 29.8 Å². The lowest BCUT2D eigenvalue weighted by molar-refractivity contribution is 0.944. The first-order valence-corrected chi connectivity index (χ1v) is 6.25. The first kappa shape index (κ1) is 10.3. The molecule has 4 nitrogen and oxygen atoms in total. The summed E-state index contributed by atoms with van der Waals surface area (Å²) in [6, 6.07) is 6.13. The summed E-state index contributed by atoms with van der Waals surface area (Å²) >= 11 is 1.72. The fourth-order valence-electron chi connectivity index (χ4n) is 1.81. The second kappa shape index (κ2) is 3.85. The predicted molar refractivity (Wildman–Crippen MR) is 69.3 cm³/mol. The number of nitrogen functional groups attached to an aromatic ring is 1. The predicted octanol–water partition coefficient (Wildman–Crippen LogP) is 2.27. The molecule has 5 heteroatoms. The number of aryl methyl sites for hydroxylation is 1. The van der Waals surface area contributed by atoms with Crippen molar-refractivity contribution in [2.75, 3.05) is 5.73 Å². The Labute approximate surface area is 103 Å². The standard InChI is InChI=1S/C12H12N4S/c1-8-4-5-16-10(7-9-3-2-6-17-9)14-15-12(16)11(8)13/h2-6H,7,13H2,1H3. The first-order chi connectivity index (χ1) is 8.25. The quantitative estimate of drug-likeness (QED) is 0.752. The minimum atomic E-state index is 0.706. The van der Waals surface area contributed by atoms with Gasteiger partial charge in [-0.1, -0.05) is 6.07 Å². The monoisotopic (exact) mass is 244 g/mol. The molecule has 0 saturated heterocycles. The summed E-state index contributed by atoms with van der Waals surface area (Å²) in [5, 5.41) is 10.4. The van der Waals surface area contributed by atoms with Gasteiger partial charge in [-0.2, -0.15) is 0 Å². The van der Waals surface area contributed by atoms with Crippen molar-refractivity contribution in [1.82, 2.24) is 14.6 Å². The van der Waals surface area contributed by atoms with Crippen LogP contribution in [0.3, 0.4) is 0 Å². The molecule has 3 aromatic rings. The van der Waals surface area contributed by atoms with Crippen molar-refractivity contribution in [3.05, 3.63) is 46.0 Å².